The summed E-state index contributed by atoms with van der Waals surface area (Å²) in [6, 6.07) is -10.9. The van der Waals surface area contributed by atoms with Crippen LogP contribution in [0.25, 0.3) is 0 Å². The quantitative estimate of drug-likeness (QED) is 0.167. The van der Waals surface area contributed by atoms with E-state index in [0.29, 0.717) is 6.42 Å². The van der Waals surface area contributed by atoms with Gasteiger partial charge in [-0.1, -0.05) is 109 Å². The topological polar surface area (TPSA) is 267 Å². The summed E-state index contributed by atoms with van der Waals surface area (Å²) in [5, 5.41) is 20.4. The Morgan fingerprint density at radius 1 is 0.482 bits per heavy atom. The number of aliphatic hydroxyl groups is 1. The largest absolute Gasteiger partial charge is 0.390 e. The summed E-state index contributed by atoms with van der Waals surface area (Å²) >= 11 is 0. The van der Waals surface area contributed by atoms with Crippen molar-refractivity contribution in [2.45, 2.75) is 223 Å². The fraction of sp³-hybridized carbons (Fsp3) is 0.794. The number of likely N-dealkylation sites (N-methyl/N-ethyl adjacent to an activating group) is 7. The number of hydrogen-bond acceptors (Lipinski definition) is 12. The Kier molecular flexibility index (Phi) is 31.8. The molecule has 1 heterocycles. The third kappa shape index (κ3) is 21.8. The summed E-state index contributed by atoms with van der Waals surface area (Å²) in [5.41, 5.74) is 0. The molecule has 85 heavy (non-hydrogen) atoms. The Labute approximate surface area is 509 Å². The van der Waals surface area contributed by atoms with E-state index in [-0.39, 0.29) is 55.8 Å². The first-order chi connectivity index (χ1) is 39.2. The molecular weight excluding hydrogens is 1090 g/mol. The molecule has 12 atom stereocenters. The molecule has 0 aromatic carbocycles. The Bertz CT molecular complexity index is 2320. The van der Waals surface area contributed by atoms with E-state index < -0.39 is 162 Å². The monoisotopic (exact) mass is 1200 g/mol. The average molecular weight is 1200 g/mol. The van der Waals surface area contributed by atoms with Crippen LogP contribution >= 0.6 is 0 Å². The zero-order chi connectivity index (χ0) is 66.0. The van der Waals surface area contributed by atoms with Crippen LogP contribution in [-0.2, 0) is 52.7 Å². The molecule has 0 spiro atoms. The first kappa shape index (κ1) is 77.1. The fourth-order valence-electron chi connectivity index (χ4n) is 11.0. The number of carbonyl (C=O) groups excluding carboxylic acids is 11. The van der Waals surface area contributed by atoms with Gasteiger partial charge in [-0.2, -0.15) is 0 Å². The highest BCUT2D eigenvalue weighted by atomic mass is 16.3. The first-order valence-electron chi connectivity index (χ1n) is 30.8. The van der Waals surface area contributed by atoms with E-state index in [4.69, 9.17) is 0 Å². The van der Waals surface area contributed by atoms with E-state index in [1.807, 2.05) is 68.4 Å². The van der Waals surface area contributed by atoms with Crippen molar-refractivity contribution in [3.63, 3.8) is 0 Å². The summed E-state index contributed by atoms with van der Waals surface area (Å²) in [7, 11) is 10.0. The average Bonchev–Trinajstić information content (AvgIpc) is 3.62. The van der Waals surface area contributed by atoms with E-state index in [1.165, 1.54) is 92.6 Å². The molecule has 0 aromatic heterocycles. The second-order valence-corrected chi connectivity index (χ2v) is 26.4. The Hall–Kier alpha value is -5.93. The highest BCUT2D eigenvalue weighted by Crippen LogP contribution is 2.27. The molecule has 0 aliphatic carbocycles. The molecule has 1 aliphatic heterocycles. The van der Waals surface area contributed by atoms with Crippen molar-refractivity contribution < 1.29 is 57.8 Å². The molecule has 22 nitrogen and oxygen atoms in total. The fourth-order valence-corrected chi connectivity index (χ4v) is 11.0. The lowest BCUT2D eigenvalue weighted by Crippen LogP contribution is -2.62. The number of carbonyl (C=O) groups is 11. The lowest BCUT2D eigenvalue weighted by molar-refractivity contribution is -0.157. The Morgan fingerprint density at radius 2 is 0.894 bits per heavy atom. The van der Waals surface area contributed by atoms with Crippen LogP contribution in [0.15, 0.2) is 12.2 Å². The summed E-state index contributed by atoms with van der Waals surface area (Å²) in [4.78, 5) is 169. The molecule has 0 bridgehead atoms. The summed E-state index contributed by atoms with van der Waals surface area (Å²) in [6.45, 7) is 29.6. The third-order valence-corrected chi connectivity index (χ3v) is 16.4. The van der Waals surface area contributed by atoms with Crippen LogP contribution in [0.5, 0.6) is 0 Å². The minimum Gasteiger partial charge on any atom is -0.390 e. The van der Waals surface area contributed by atoms with Crippen LogP contribution in [0.4, 0.5) is 0 Å². The Morgan fingerprint density at radius 3 is 1.34 bits per heavy atom. The molecule has 0 saturated carbocycles. The minimum absolute atomic E-state index is 0.125. The maximum Gasteiger partial charge on any atom is 0.246 e. The lowest BCUT2D eigenvalue weighted by Gasteiger charge is -2.41. The van der Waals surface area contributed by atoms with Crippen LogP contribution in [-0.4, -0.2) is 221 Å². The second kappa shape index (κ2) is 35.0. The van der Waals surface area contributed by atoms with Gasteiger partial charge in [-0.25, -0.2) is 0 Å². The number of nitrogens with one attached hydrogen (secondary N) is 3. The van der Waals surface area contributed by atoms with Crippen molar-refractivity contribution in [2.24, 2.45) is 47.3 Å². The zero-order valence-electron chi connectivity index (χ0n) is 56.3. The second-order valence-electron chi connectivity index (χ2n) is 26.4. The van der Waals surface area contributed by atoms with E-state index in [1.54, 1.807) is 47.6 Å². The number of hydrogen-bond donors (Lipinski definition) is 4. The van der Waals surface area contributed by atoms with Crippen molar-refractivity contribution >= 4 is 64.9 Å². The van der Waals surface area contributed by atoms with Gasteiger partial charge in [0.25, 0.3) is 0 Å². The summed E-state index contributed by atoms with van der Waals surface area (Å²) < 4.78 is 0. The van der Waals surface area contributed by atoms with Crippen molar-refractivity contribution in [3.05, 3.63) is 12.2 Å². The minimum atomic E-state index is -1.50. The maximum atomic E-state index is 15.2. The molecule has 486 valence electrons. The van der Waals surface area contributed by atoms with Crippen LogP contribution < -0.4 is 16.0 Å². The summed E-state index contributed by atoms with van der Waals surface area (Å²) in [5.74, 6) is -10.1. The molecule has 22 heteroatoms. The number of aliphatic hydroxyl groups excluding tert-OH is 1. The van der Waals surface area contributed by atoms with Gasteiger partial charge < -0.3 is 55.4 Å². The van der Waals surface area contributed by atoms with Gasteiger partial charge in [0, 0.05) is 61.7 Å². The van der Waals surface area contributed by atoms with Gasteiger partial charge in [0.1, 0.15) is 54.4 Å². The predicted molar refractivity (Wildman–Crippen MR) is 330 cm³/mol. The van der Waals surface area contributed by atoms with Crippen LogP contribution in [0.2, 0.25) is 0 Å². The molecule has 1 aliphatic rings. The van der Waals surface area contributed by atoms with E-state index in [9.17, 15) is 48.3 Å². The standard InChI is InChI=1S/C63H112N10O12/c1-25-27-28-41(15)54(76)53-49(74)33-44(26-2)59(81)67(18)34-50(75)68(19)45(29-35(3)4)57(79)66-51(39(11)12)62(84)69(20)46(30-36(5)6)56(78)64-42(16)55(77)65-43(17)58(80)70(21)47(31-37(7)8)60(82)71(22)48(32-38(9)10)61(83)72(23)52(40(13)14)63(85)73(53)24/h25,27,35-48,51-54,76H,26,28-34H2,1-24H3,(H,64,78)(H,65,77)(H,66,79)/b27-25+/t41-,42+,43-,44-,45+,46+,47+,48+,51?,52?,53-,54-/m1/s1. The normalized spacial score (nSPS) is 27.0. The van der Waals surface area contributed by atoms with E-state index in [2.05, 4.69) is 16.0 Å². The highest BCUT2D eigenvalue weighted by molar-refractivity contribution is 5.99. The summed E-state index contributed by atoms with van der Waals surface area (Å²) in [6.07, 6.45) is 2.88. The van der Waals surface area contributed by atoms with Gasteiger partial charge in [-0.15, -0.1) is 0 Å². The smallest absolute Gasteiger partial charge is 0.246 e. The van der Waals surface area contributed by atoms with Crippen LogP contribution in [0.1, 0.15) is 163 Å². The third-order valence-electron chi connectivity index (χ3n) is 16.4. The molecular formula is C63H112N10O12. The van der Waals surface area contributed by atoms with Crippen molar-refractivity contribution in [1.29, 1.82) is 0 Å². The lowest BCUT2D eigenvalue weighted by atomic mass is 9.86. The van der Waals surface area contributed by atoms with Crippen molar-refractivity contribution in [1.82, 2.24) is 50.2 Å². The van der Waals surface area contributed by atoms with Crippen LogP contribution in [0.3, 0.4) is 0 Å². The number of Topliss-reactive ketones (excluding diaryl/α,β-unsaturated/α-hetero) is 1. The first-order valence-corrected chi connectivity index (χ1v) is 30.8. The molecule has 4 N–H and O–H groups in total. The van der Waals surface area contributed by atoms with Gasteiger partial charge in [0.15, 0.2) is 5.78 Å². The highest BCUT2D eigenvalue weighted by Gasteiger charge is 2.45. The molecule has 1 fully saturated rings. The van der Waals surface area contributed by atoms with Gasteiger partial charge in [0.05, 0.1) is 12.6 Å². The number of allylic oxidation sites excluding steroid dienone is 2. The molecule has 2 unspecified atom stereocenters. The predicted octanol–water partition coefficient (Wildman–Crippen LogP) is 4.36. The number of rotatable bonds is 15. The number of nitrogens with zero attached hydrogens (tertiary/aromatic N) is 7. The van der Waals surface area contributed by atoms with E-state index in [0.717, 1.165) is 4.90 Å². The zero-order valence-corrected chi connectivity index (χ0v) is 56.3. The molecule has 1 rings (SSSR count). The van der Waals surface area contributed by atoms with Gasteiger partial charge >= 0.3 is 0 Å². The Balaban J connectivity index is 4.32. The molecule has 10 amide bonds. The molecule has 0 radical (unpaired) electrons. The number of amides is 10. The molecule has 0 aromatic rings. The van der Waals surface area contributed by atoms with Crippen LogP contribution in [0, 0.1) is 47.3 Å². The van der Waals surface area contributed by atoms with Gasteiger partial charge in [0.2, 0.25) is 59.1 Å². The number of ketones is 1. The SMILES string of the molecule is C/C=C/C[C@@H](C)[C@@H](O)[C@H]1C(=O)C[C@@H](CC)C(=O)N(C)CC(=O)N(C)[C@@H](CC(C)C)C(=O)NC(C(C)C)C(=O)N(C)[C@@H](CC(C)C)C(=O)N[C@@H](C)C(=O)N[C@H](C)C(=O)N(C)[C@@H](CC(C)C)C(=O)N(C)[C@@H](CC(C)C)C(=O)N(C)C(C(C)C)C(=O)N1C. The van der Waals surface area contributed by atoms with Gasteiger partial charge in [-0.05, 0) is 101 Å². The molecule has 1 saturated heterocycles. The van der Waals surface area contributed by atoms with Crippen molar-refractivity contribution in [3.8, 4) is 0 Å². The van der Waals surface area contributed by atoms with Gasteiger partial charge in [-0.3, -0.25) is 52.7 Å². The van der Waals surface area contributed by atoms with E-state index >= 15 is 9.59 Å². The van der Waals surface area contributed by atoms with Crippen molar-refractivity contribution in [2.75, 3.05) is 55.9 Å². The maximum absolute atomic E-state index is 15.2.